The van der Waals surface area contributed by atoms with Gasteiger partial charge in [0.1, 0.15) is 0 Å². The Hall–Kier alpha value is -3.71. The maximum absolute atomic E-state index is 12.0. The van der Waals surface area contributed by atoms with Gasteiger partial charge in [-0.3, -0.25) is 10.1 Å². The van der Waals surface area contributed by atoms with Crippen molar-refractivity contribution in [3.05, 3.63) is 124 Å². The van der Waals surface area contributed by atoms with Crippen LogP contribution < -0.4 is 16.0 Å². The van der Waals surface area contributed by atoms with Crippen LogP contribution in [-0.4, -0.2) is 23.0 Å². The second kappa shape index (κ2) is 12.2. The van der Waals surface area contributed by atoms with E-state index in [-0.39, 0.29) is 10.7 Å². The van der Waals surface area contributed by atoms with Crippen LogP contribution in [0.1, 0.15) is 11.1 Å². The zero-order valence-electron chi connectivity index (χ0n) is 17.7. The van der Waals surface area contributed by atoms with Gasteiger partial charge in [-0.25, -0.2) is 0 Å². The third-order valence-electron chi connectivity index (χ3n) is 4.78. The van der Waals surface area contributed by atoms with E-state index in [2.05, 4.69) is 16.0 Å². The quantitative estimate of drug-likeness (QED) is 0.174. The van der Waals surface area contributed by atoms with Crippen molar-refractivity contribution in [3.8, 4) is 0 Å². The minimum absolute atomic E-state index is 0.0515. The molecule has 0 aliphatic heterocycles. The van der Waals surface area contributed by atoms with Crippen LogP contribution in [0.25, 0.3) is 0 Å². The van der Waals surface area contributed by atoms with Crippen molar-refractivity contribution >= 4 is 22.9 Å². The Morgan fingerprint density at radius 1 is 0.750 bits per heavy atom. The molecule has 0 radical (unpaired) electrons. The lowest BCUT2D eigenvalue weighted by molar-refractivity contribution is -0.416. The van der Waals surface area contributed by atoms with Gasteiger partial charge in [-0.05, 0) is 36.1 Å². The van der Waals surface area contributed by atoms with E-state index < -0.39 is 4.92 Å². The van der Waals surface area contributed by atoms with Crippen molar-refractivity contribution in [1.82, 2.24) is 10.6 Å². The number of para-hydroxylation sites is 1. The van der Waals surface area contributed by atoms with Crippen LogP contribution in [0.5, 0.6) is 0 Å². The topological polar surface area (TPSA) is 79.2 Å². The Balaban J connectivity index is 1.75. The van der Waals surface area contributed by atoms with Gasteiger partial charge in [0.25, 0.3) is 0 Å². The summed E-state index contributed by atoms with van der Waals surface area (Å²) in [7, 11) is 0. The van der Waals surface area contributed by atoms with Crippen molar-refractivity contribution < 1.29 is 4.92 Å². The van der Waals surface area contributed by atoms with Gasteiger partial charge in [0, 0.05) is 18.8 Å². The summed E-state index contributed by atoms with van der Waals surface area (Å²) >= 11 is 5.41. The minimum Gasteiger partial charge on any atom is -0.366 e. The molecule has 0 bridgehead atoms. The molecule has 0 atom stereocenters. The van der Waals surface area contributed by atoms with E-state index >= 15 is 0 Å². The fourth-order valence-corrected chi connectivity index (χ4v) is 3.48. The number of hydrogen-bond acceptors (Lipinski definition) is 5. The molecule has 3 N–H and O–H groups in total. The highest BCUT2D eigenvalue weighted by Gasteiger charge is 2.24. The fraction of sp³-hybridized carbons (Fsp3) is 0.160. The number of nitrogens with one attached hydrogen (secondary N) is 3. The molecule has 0 heterocycles. The van der Waals surface area contributed by atoms with Gasteiger partial charge < -0.3 is 16.0 Å². The highest BCUT2D eigenvalue weighted by molar-refractivity contribution is 7.81. The predicted octanol–water partition coefficient (Wildman–Crippen LogP) is 4.54. The van der Waals surface area contributed by atoms with Crippen LogP contribution in [0, 0.1) is 10.1 Å². The molecule has 32 heavy (non-hydrogen) atoms. The fourth-order valence-electron chi connectivity index (χ4n) is 3.18. The van der Waals surface area contributed by atoms with Crippen molar-refractivity contribution in [2.24, 2.45) is 0 Å². The molecular weight excluding hydrogens is 420 g/mol. The third kappa shape index (κ3) is 7.21. The molecule has 0 aliphatic carbocycles. The van der Waals surface area contributed by atoms with Crippen LogP contribution in [0.3, 0.4) is 0 Å². The third-order valence-corrected chi connectivity index (χ3v) is 5.08. The lowest BCUT2D eigenvalue weighted by Gasteiger charge is -2.15. The number of nitro groups is 1. The molecule has 3 rings (SSSR count). The Kier molecular flexibility index (Phi) is 8.77. The maximum Gasteiger partial charge on any atom is 0.343 e. The largest absolute Gasteiger partial charge is 0.366 e. The van der Waals surface area contributed by atoms with E-state index in [0.29, 0.717) is 24.6 Å². The lowest BCUT2D eigenvalue weighted by atomic mass is 10.1. The molecule has 3 aromatic rings. The first-order chi connectivity index (χ1) is 15.6. The normalized spacial score (nSPS) is 10.1. The highest BCUT2D eigenvalue weighted by atomic mass is 32.1. The van der Waals surface area contributed by atoms with Gasteiger partial charge in [0.2, 0.25) is 0 Å². The molecule has 0 amide bonds. The van der Waals surface area contributed by atoms with E-state index in [1.54, 1.807) is 0 Å². The summed E-state index contributed by atoms with van der Waals surface area (Å²) in [5.41, 5.74) is 2.82. The number of hydrogen-bond donors (Lipinski definition) is 3. The maximum atomic E-state index is 12.0. The summed E-state index contributed by atoms with van der Waals surface area (Å²) < 4.78 is 0. The SMILES string of the molecule is O=[N+]([O-])C(C(=S)Nc1ccccc1)=C(NCCc1ccccc1)NCCc1ccccc1. The number of anilines is 1. The molecule has 0 saturated heterocycles. The Labute approximate surface area is 193 Å². The summed E-state index contributed by atoms with van der Waals surface area (Å²) in [6.07, 6.45) is 1.46. The predicted molar refractivity (Wildman–Crippen MR) is 133 cm³/mol. The number of rotatable bonds is 11. The summed E-state index contributed by atoms with van der Waals surface area (Å²) in [5, 5.41) is 21.4. The first-order valence-electron chi connectivity index (χ1n) is 10.4. The number of thiocarbonyl (C=S) groups is 1. The van der Waals surface area contributed by atoms with E-state index in [4.69, 9.17) is 12.2 Å². The zero-order chi connectivity index (χ0) is 22.6. The molecule has 0 unspecified atom stereocenters. The standard InChI is InChI=1S/C25H26N4O2S/c30-29(31)23(25(32)28-22-14-8-3-9-15-22)24(26-18-16-20-10-4-1-5-11-20)27-19-17-21-12-6-2-7-13-21/h1-15,26-27H,16-19H2,(H,28,32). The van der Waals surface area contributed by atoms with Crippen LogP contribution in [0.15, 0.2) is 103 Å². The Morgan fingerprint density at radius 2 is 1.19 bits per heavy atom. The van der Waals surface area contributed by atoms with Crippen molar-refractivity contribution in [2.45, 2.75) is 12.8 Å². The highest BCUT2D eigenvalue weighted by Crippen LogP contribution is 2.11. The molecule has 7 heteroatoms. The Bertz CT molecular complexity index is 994. The average molecular weight is 447 g/mol. The average Bonchev–Trinajstić information content (AvgIpc) is 2.81. The minimum atomic E-state index is -0.446. The van der Waals surface area contributed by atoms with Crippen LogP contribution in [0.2, 0.25) is 0 Å². The lowest BCUT2D eigenvalue weighted by Crippen LogP contribution is -2.35. The van der Waals surface area contributed by atoms with Crippen molar-refractivity contribution in [1.29, 1.82) is 0 Å². The summed E-state index contributed by atoms with van der Waals surface area (Å²) in [5.74, 6) is 0.315. The molecule has 3 aromatic carbocycles. The van der Waals surface area contributed by atoms with Gasteiger partial charge in [-0.15, -0.1) is 0 Å². The van der Waals surface area contributed by atoms with Crippen molar-refractivity contribution in [2.75, 3.05) is 18.4 Å². The summed E-state index contributed by atoms with van der Waals surface area (Å²) in [6.45, 7) is 1.06. The van der Waals surface area contributed by atoms with Gasteiger partial charge in [-0.2, -0.15) is 0 Å². The molecular formula is C25H26N4O2S. The van der Waals surface area contributed by atoms with E-state index in [1.807, 2.05) is 91.0 Å². The van der Waals surface area contributed by atoms with E-state index in [1.165, 1.54) is 0 Å². The molecule has 164 valence electrons. The first-order valence-corrected chi connectivity index (χ1v) is 10.8. The van der Waals surface area contributed by atoms with Crippen molar-refractivity contribution in [3.63, 3.8) is 0 Å². The van der Waals surface area contributed by atoms with Crippen LogP contribution >= 0.6 is 12.2 Å². The first kappa shape index (κ1) is 23.0. The molecule has 0 saturated carbocycles. The van der Waals surface area contributed by atoms with Crippen LogP contribution in [-0.2, 0) is 12.8 Å². The van der Waals surface area contributed by atoms with Gasteiger partial charge >= 0.3 is 5.70 Å². The monoisotopic (exact) mass is 446 g/mol. The summed E-state index contributed by atoms with van der Waals surface area (Å²) in [6, 6.07) is 29.2. The number of nitrogens with zero attached hydrogens (tertiary/aromatic N) is 1. The smallest absolute Gasteiger partial charge is 0.343 e. The molecule has 6 nitrogen and oxygen atoms in total. The molecule has 0 fully saturated rings. The molecule has 0 spiro atoms. The second-order valence-corrected chi connectivity index (χ2v) is 7.53. The second-order valence-electron chi connectivity index (χ2n) is 7.13. The van der Waals surface area contributed by atoms with Gasteiger partial charge in [0.15, 0.2) is 10.8 Å². The zero-order valence-corrected chi connectivity index (χ0v) is 18.5. The molecule has 0 aromatic heterocycles. The van der Waals surface area contributed by atoms with Gasteiger partial charge in [0.05, 0.1) is 4.92 Å². The Morgan fingerprint density at radius 3 is 1.62 bits per heavy atom. The summed E-state index contributed by atoms with van der Waals surface area (Å²) in [4.78, 5) is 11.6. The van der Waals surface area contributed by atoms with Gasteiger partial charge in [-0.1, -0.05) is 91.1 Å². The van der Waals surface area contributed by atoms with E-state index in [9.17, 15) is 10.1 Å². The number of benzene rings is 3. The molecule has 0 aliphatic rings. The van der Waals surface area contributed by atoms with Crippen LogP contribution in [0.4, 0.5) is 5.69 Å². The van der Waals surface area contributed by atoms with E-state index in [0.717, 1.165) is 24.0 Å².